The molecule has 0 heterocycles. The summed E-state index contributed by atoms with van der Waals surface area (Å²) in [7, 11) is 0. The molecule has 0 aliphatic heterocycles. The standard InChI is InChI=1S/C13H20BrNO/c1-10(2)13(16)7-8-15-9-11-3-5-12(14)6-4-11/h3-6,10,13,15-16H,7-9H2,1-2H3. The number of aliphatic hydroxyl groups excluding tert-OH is 1. The van der Waals surface area contributed by atoms with Crippen molar-refractivity contribution in [2.24, 2.45) is 5.92 Å². The summed E-state index contributed by atoms with van der Waals surface area (Å²) < 4.78 is 1.10. The van der Waals surface area contributed by atoms with Gasteiger partial charge >= 0.3 is 0 Å². The maximum Gasteiger partial charge on any atom is 0.0575 e. The van der Waals surface area contributed by atoms with Crippen molar-refractivity contribution in [2.45, 2.75) is 32.9 Å². The zero-order chi connectivity index (χ0) is 12.0. The molecule has 90 valence electrons. The topological polar surface area (TPSA) is 32.3 Å². The Kier molecular flexibility index (Phi) is 6.03. The maximum absolute atomic E-state index is 9.61. The molecule has 1 rings (SSSR count). The van der Waals surface area contributed by atoms with Crippen LogP contribution in [0.15, 0.2) is 28.7 Å². The Morgan fingerprint density at radius 2 is 1.88 bits per heavy atom. The number of benzene rings is 1. The molecule has 0 spiro atoms. The molecule has 1 atom stereocenters. The minimum atomic E-state index is -0.197. The molecular formula is C13H20BrNO. The number of rotatable bonds is 6. The quantitative estimate of drug-likeness (QED) is 0.788. The van der Waals surface area contributed by atoms with Gasteiger partial charge in [-0.2, -0.15) is 0 Å². The van der Waals surface area contributed by atoms with Crippen molar-refractivity contribution in [2.75, 3.05) is 6.54 Å². The lowest BCUT2D eigenvalue weighted by Crippen LogP contribution is -2.23. The van der Waals surface area contributed by atoms with Crippen LogP contribution in [0.2, 0.25) is 0 Å². The summed E-state index contributed by atoms with van der Waals surface area (Å²) in [5, 5.41) is 12.9. The van der Waals surface area contributed by atoms with Gasteiger partial charge in [0.2, 0.25) is 0 Å². The number of halogens is 1. The fourth-order valence-corrected chi connectivity index (χ4v) is 1.68. The first kappa shape index (κ1) is 13.7. The van der Waals surface area contributed by atoms with Crippen molar-refractivity contribution >= 4 is 15.9 Å². The fourth-order valence-electron chi connectivity index (χ4n) is 1.42. The molecule has 2 N–H and O–H groups in total. The molecule has 1 aromatic carbocycles. The van der Waals surface area contributed by atoms with E-state index in [0.717, 1.165) is 24.0 Å². The second kappa shape index (κ2) is 7.05. The van der Waals surface area contributed by atoms with Gasteiger partial charge < -0.3 is 10.4 Å². The van der Waals surface area contributed by atoms with Crippen LogP contribution in [0.1, 0.15) is 25.8 Å². The molecule has 0 saturated heterocycles. The van der Waals surface area contributed by atoms with Crippen LogP contribution in [0.5, 0.6) is 0 Å². The molecule has 0 aromatic heterocycles. The van der Waals surface area contributed by atoms with Crippen LogP contribution >= 0.6 is 15.9 Å². The van der Waals surface area contributed by atoms with Crippen molar-refractivity contribution in [1.29, 1.82) is 0 Å². The Labute approximate surface area is 106 Å². The molecule has 0 bridgehead atoms. The van der Waals surface area contributed by atoms with Crippen LogP contribution in [0.3, 0.4) is 0 Å². The van der Waals surface area contributed by atoms with Crippen LogP contribution in [0, 0.1) is 5.92 Å². The van der Waals surface area contributed by atoms with E-state index in [1.54, 1.807) is 0 Å². The third-order valence-corrected chi connectivity index (χ3v) is 3.16. The van der Waals surface area contributed by atoms with Gasteiger partial charge in [0, 0.05) is 11.0 Å². The second-order valence-electron chi connectivity index (χ2n) is 4.40. The normalized spacial score (nSPS) is 13.1. The Hall–Kier alpha value is -0.380. The SMILES string of the molecule is CC(C)C(O)CCNCc1ccc(Br)cc1. The zero-order valence-corrected chi connectivity index (χ0v) is 11.5. The molecule has 16 heavy (non-hydrogen) atoms. The first-order valence-corrected chi connectivity index (χ1v) is 6.52. The van der Waals surface area contributed by atoms with Crippen molar-refractivity contribution in [3.63, 3.8) is 0 Å². The van der Waals surface area contributed by atoms with Crippen molar-refractivity contribution < 1.29 is 5.11 Å². The molecule has 0 radical (unpaired) electrons. The molecule has 1 unspecified atom stereocenters. The first-order chi connectivity index (χ1) is 7.59. The Bertz CT molecular complexity index is 297. The van der Waals surface area contributed by atoms with Crippen LogP contribution < -0.4 is 5.32 Å². The van der Waals surface area contributed by atoms with E-state index in [2.05, 4.69) is 33.4 Å². The molecule has 3 heteroatoms. The highest BCUT2D eigenvalue weighted by atomic mass is 79.9. The van der Waals surface area contributed by atoms with Gasteiger partial charge in [0.25, 0.3) is 0 Å². The first-order valence-electron chi connectivity index (χ1n) is 5.73. The van der Waals surface area contributed by atoms with Crippen molar-refractivity contribution in [3.8, 4) is 0 Å². The van der Waals surface area contributed by atoms with E-state index in [4.69, 9.17) is 0 Å². The summed E-state index contributed by atoms with van der Waals surface area (Å²) >= 11 is 3.41. The molecule has 2 nitrogen and oxygen atoms in total. The third-order valence-electron chi connectivity index (χ3n) is 2.63. The maximum atomic E-state index is 9.61. The predicted molar refractivity (Wildman–Crippen MR) is 71.3 cm³/mol. The van der Waals surface area contributed by atoms with Crippen LogP contribution in [-0.4, -0.2) is 17.8 Å². The van der Waals surface area contributed by atoms with Crippen LogP contribution in [0.25, 0.3) is 0 Å². The molecule has 1 aromatic rings. The number of hydrogen-bond acceptors (Lipinski definition) is 2. The van der Waals surface area contributed by atoms with E-state index in [1.165, 1.54) is 5.56 Å². The Balaban J connectivity index is 2.18. The van der Waals surface area contributed by atoms with E-state index in [0.29, 0.717) is 5.92 Å². The average Bonchev–Trinajstić information content (AvgIpc) is 2.26. The predicted octanol–water partition coefficient (Wildman–Crippen LogP) is 2.95. The molecule has 0 aliphatic rings. The lowest BCUT2D eigenvalue weighted by molar-refractivity contribution is 0.116. The summed E-state index contributed by atoms with van der Waals surface area (Å²) in [6, 6.07) is 8.27. The number of hydrogen-bond donors (Lipinski definition) is 2. The van der Waals surface area contributed by atoms with Crippen molar-refractivity contribution in [1.82, 2.24) is 5.32 Å². The second-order valence-corrected chi connectivity index (χ2v) is 5.32. The van der Waals surface area contributed by atoms with Gasteiger partial charge in [-0.15, -0.1) is 0 Å². The molecule has 0 aliphatic carbocycles. The van der Waals surface area contributed by atoms with Crippen molar-refractivity contribution in [3.05, 3.63) is 34.3 Å². The summed E-state index contributed by atoms with van der Waals surface area (Å²) in [6.07, 6.45) is 0.617. The van der Waals surface area contributed by atoms with Gasteiger partial charge in [-0.1, -0.05) is 41.9 Å². The highest BCUT2D eigenvalue weighted by Crippen LogP contribution is 2.10. The summed E-state index contributed by atoms with van der Waals surface area (Å²) in [4.78, 5) is 0. The van der Waals surface area contributed by atoms with Gasteiger partial charge in [-0.05, 0) is 36.6 Å². The van der Waals surface area contributed by atoms with E-state index in [9.17, 15) is 5.11 Å². The lowest BCUT2D eigenvalue weighted by atomic mass is 10.0. The summed E-state index contributed by atoms with van der Waals surface area (Å²) in [6.45, 7) is 5.80. The summed E-state index contributed by atoms with van der Waals surface area (Å²) in [5.74, 6) is 0.342. The van der Waals surface area contributed by atoms with E-state index >= 15 is 0 Å². The van der Waals surface area contributed by atoms with Gasteiger partial charge in [0.1, 0.15) is 0 Å². The number of aliphatic hydroxyl groups is 1. The lowest BCUT2D eigenvalue weighted by Gasteiger charge is -2.14. The average molecular weight is 286 g/mol. The highest BCUT2D eigenvalue weighted by molar-refractivity contribution is 9.10. The van der Waals surface area contributed by atoms with Gasteiger partial charge in [-0.3, -0.25) is 0 Å². The number of nitrogens with one attached hydrogen (secondary N) is 1. The van der Waals surface area contributed by atoms with E-state index < -0.39 is 0 Å². The minimum Gasteiger partial charge on any atom is -0.393 e. The zero-order valence-electron chi connectivity index (χ0n) is 9.91. The largest absolute Gasteiger partial charge is 0.393 e. The molecule has 0 saturated carbocycles. The minimum absolute atomic E-state index is 0.197. The summed E-state index contributed by atoms with van der Waals surface area (Å²) in [5.41, 5.74) is 1.27. The fraction of sp³-hybridized carbons (Fsp3) is 0.538. The molecule has 0 amide bonds. The Morgan fingerprint density at radius 3 is 2.44 bits per heavy atom. The van der Waals surface area contributed by atoms with Gasteiger partial charge in [0.05, 0.1) is 6.10 Å². The molecule has 0 fully saturated rings. The smallest absolute Gasteiger partial charge is 0.0575 e. The van der Waals surface area contributed by atoms with Gasteiger partial charge in [0.15, 0.2) is 0 Å². The third kappa shape index (κ3) is 5.10. The monoisotopic (exact) mass is 285 g/mol. The van der Waals surface area contributed by atoms with Crippen LogP contribution in [0.4, 0.5) is 0 Å². The highest BCUT2D eigenvalue weighted by Gasteiger charge is 2.07. The van der Waals surface area contributed by atoms with Crippen LogP contribution in [-0.2, 0) is 6.54 Å². The Morgan fingerprint density at radius 1 is 1.25 bits per heavy atom. The molecular weight excluding hydrogens is 266 g/mol. The van der Waals surface area contributed by atoms with E-state index in [1.807, 2.05) is 26.0 Å². The van der Waals surface area contributed by atoms with E-state index in [-0.39, 0.29) is 6.10 Å². The van der Waals surface area contributed by atoms with Gasteiger partial charge in [-0.25, -0.2) is 0 Å².